The van der Waals surface area contributed by atoms with Crippen LogP contribution in [0.2, 0.25) is 0 Å². The number of Topliss-reactive ketones (excluding diaryl/α,β-unsaturated/α-hetero) is 1. The van der Waals surface area contributed by atoms with Crippen LogP contribution in [0.15, 0.2) is 54.1 Å². The van der Waals surface area contributed by atoms with E-state index in [1.54, 1.807) is 24.3 Å². The van der Waals surface area contributed by atoms with Gasteiger partial charge in [0.2, 0.25) is 0 Å². The summed E-state index contributed by atoms with van der Waals surface area (Å²) in [5.74, 6) is -1.72. The smallest absolute Gasteiger partial charge is 0.295 e. The van der Waals surface area contributed by atoms with Gasteiger partial charge in [-0.25, -0.2) is 4.39 Å². The molecule has 1 aliphatic rings. The maximum absolute atomic E-state index is 13.5. The number of ketones is 1. The Labute approximate surface area is 174 Å². The summed E-state index contributed by atoms with van der Waals surface area (Å²) in [6.07, 6.45) is 0.825. The Hall–Kier alpha value is -3.19. The van der Waals surface area contributed by atoms with Crippen LogP contribution in [0.1, 0.15) is 30.5 Å². The lowest BCUT2D eigenvalue weighted by Crippen LogP contribution is -2.32. The Morgan fingerprint density at radius 1 is 1.13 bits per heavy atom. The number of rotatable bonds is 8. The van der Waals surface area contributed by atoms with Gasteiger partial charge in [0.1, 0.15) is 17.3 Å². The van der Waals surface area contributed by atoms with E-state index in [4.69, 9.17) is 9.47 Å². The molecule has 0 spiro atoms. The monoisotopic (exact) mass is 413 g/mol. The molecule has 0 saturated carbocycles. The second-order valence-electron chi connectivity index (χ2n) is 6.91. The first kappa shape index (κ1) is 21.5. The molecule has 1 unspecified atom stereocenters. The van der Waals surface area contributed by atoms with Crippen molar-refractivity contribution < 1.29 is 28.6 Å². The van der Waals surface area contributed by atoms with Crippen molar-refractivity contribution in [1.29, 1.82) is 0 Å². The number of likely N-dealkylation sites (tertiary alicyclic amines) is 1. The fourth-order valence-electron chi connectivity index (χ4n) is 3.40. The van der Waals surface area contributed by atoms with Gasteiger partial charge < -0.3 is 19.5 Å². The van der Waals surface area contributed by atoms with Crippen LogP contribution in [0.3, 0.4) is 0 Å². The molecule has 158 valence electrons. The number of methoxy groups -OCH3 is 1. The molecular formula is C23H24FNO5. The Balaban J connectivity index is 2.10. The molecule has 2 aromatic carbocycles. The van der Waals surface area contributed by atoms with E-state index >= 15 is 0 Å². The third kappa shape index (κ3) is 4.36. The quantitative estimate of drug-likeness (QED) is 0.406. The van der Waals surface area contributed by atoms with E-state index in [9.17, 15) is 19.1 Å². The number of aliphatic hydroxyl groups is 1. The summed E-state index contributed by atoms with van der Waals surface area (Å²) in [6, 6.07) is 11.4. The van der Waals surface area contributed by atoms with Gasteiger partial charge in [0.05, 0.1) is 24.8 Å². The zero-order valence-electron chi connectivity index (χ0n) is 16.9. The maximum atomic E-state index is 13.5. The molecule has 3 rings (SSSR count). The molecule has 1 N–H and O–H groups in total. The third-order valence-electron chi connectivity index (χ3n) is 4.84. The van der Waals surface area contributed by atoms with E-state index in [1.165, 1.54) is 36.3 Å². The number of benzene rings is 2. The van der Waals surface area contributed by atoms with Crippen LogP contribution in [-0.2, 0) is 14.3 Å². The number of carbonyl (C=O) groups is 2. The van der Waals surface area contributed by atoms with E-state index in [1.807, 2.05) is 6.92 Å². The van der Waals surface area contributed by atoms with Gasteiger partial charge in [0, 0.05) is 19.2 Å². The summed E-state index contributed by atoms with van der Waals surface area (Å²) < 4.78 is 24.1. The van der Waals surface area contributed by atoms with Crippen molar-refractivity contribution in [1.82, 2.24) is 4.90 Å². The summed E-state index contributed by atoms with van der Waals surface area (Å²) in [7, 11) is 1.49. The summed E-state index contributed by atoms with van der Waals surface area (Å²) in [5.41, 5.74) is 0.836. The molecule has 6 nitrogen and oxygen atoms in total. The average Bonchev–Trinajstić information content (AvgIpc) is 3.01. The third-order valence-corrected chi connectivity index (χ3v) is 4.84. The summed E-state index contributed by atoms with van der Waals surface area (Å²) >= 11 is 0. The standard InChI is InChI=1S/C23H24FNO5/c1-3-12-30-18-6-4-5-16(14-18)21(26)19-20(15-7-9-17(24)10-8-15)25(11-13-29-2)23(28)22(19)27/h4-10,14,20,26H,3,11-13H2,1-2H3. The molecule has 0 bridgehead atoms. The molecule has 1 fully saturated rings. The predicted octanol–water partition coefficient (Wildman–Crippen LogP) is 3.68. The van der Waals surface area contributed by atoms with Crippen LogP contribution in [0.4, 0.5) is 4.39 Å². The number of hydrogen-bond donors (Lipinski definition) is 1. The first-order chi connectivity index (χ1) is 14.5. The lowest BCUT2D eigenvalue weighted by molar-refractivity contribution is -0.140. The van der Waals surface area contributed by atoms with E-state index < -0.39 is 23.5 Å². The molecule has 1 amide bonds. The van der Waals surface area contributed by atoms with Crippen molar-refractivity contribution in [3.63, 3.8) is 0 Å². The minimum Gasteiger partial charge on any atom is -0.507 e. The van der Waals surface area contributed by atoms with Gasteiger partial charge in [-0.2, -0.15) is 0 Å². The highest BCUT2D eigenvalue weighted by Gasteiger charge is 2.45. The van der Waals surface area contributed by atoms with Crippen molar-refractivity contribution in [2.75, 3.05) is 26.9 Å². The Bertz CT molecular complexity index is 954. The van der Waals surface area contributed by atoms with Gasteiger partial charge >= 0.3 is 0 Å². The normalized spacial score (nSPS) is 18.1. The minimum atomic E-state index is -0.846. The molecule has 30 heavy (non-hydrogen) atoms. The zero-order valence-corrected chi connectivity index (χ0v) is 16.9. The van der Waals surface area contributed by atoms with Crippen molar-refractivity contribution >= 4 is 17.4 Å². The predicted molar refractivity (Wildman–Crippen MR) is 110 cm³/mol. The Kier molecular flexibility index (Phi) is 6.84. The number of nitrogens with zero attached hydrogens (tertiary/aromatic N) is 1. The van der Waals surface area contributed by atoms with Gasteiger partial charge in [0.25, 0.3) is 11.7 Å². The van der Waals surface area contributed by atoms with Crippen LogP contribution in [0, 0.1) is 5.82 Å². The molecule has 0 radical (unpaired) electrons. The van der Waals surface area contributed by atoms with Crippen LogP contribution in [-0.4, -0.2) is 48.6 Å². The molecule has 2 aromatic rings. The number of carbonyl (C=O) groups excluding carboxylic acids is 2. The molecule has 1 saturated heterocycles. The topological polar surface area (TPSA) is 76.1 Å². The maximum Gasteiger partial charge on any atom is 0.295 e. The van der Waals surface area contributed by atoms with E-state index in [0.29, 0.717) is 23.5 Å². The van der Waals surface area contributed by atoms with Gasteiger partial charge in [-0.05, 0) is 36.2 Å². The van der Waals surface area contributed by atoms with Crippen LogP contribution < -0.4 is 4.74 Å². The second-order valence-corrected chi connectivity index (χ2v) is 6.91. The minimum absolute atomic E-state index is 0.0460. The average molecular weight is 413 g/mol. The van der Waals surface area contributed by atoms with Crippen molar-refractivity contribution in [2.45, 2.75) is 19.4 Å². The highest BCUT2D eigenvalue weighted by atomic mass is 19.1. The van der Waals surface area contributed by atoms with E-state index in [2.05, 4.69) is 0 Å². The molecular weight excluding hydrogens is 389 g/mol. The van der Waals surface area contributed by atoms with Crippen molar-refractivity contribution in [2.24, 2.45) is 0 Å². The van der Waals surface area contributed by atoms with Crippen LogP contribution >= 0.6 is 0 Å². The number of aliphatic hydroxyl groups excluding tert-OH is 1. The SMILES string of the molecule is CCCOc1cccc(C(O)=C2C(=O)C(=O)N(CCOC)C2c2ccc(F)cc2)c1. The second kappa shape index (κ2) is 9.54. The van der Waals surface area contributed by atoms with Gasteiger partial charge in [0.15, 0.2) is 0 Å². The number of ether oxygens (including phenoxy) is 2. The fourth-order valence-corrected chi connectivity index (χ4v) is 3.40. The lowest BCUT2D eigenvalue weighted by atomic mass is 9.95. The number of hydrogen-bond acceptors (Lipinski definition) is 5. The zero-order chi connectivity index (χ0) is 21.7. The lowest BCUT2D eigenvalue weighted by Gasteiger charge is -2.25. The summed E-state index contributed by atoms with van der Waals surface area (Å²) in [6.45, 7) is 2.86. The number of amides is 1. The van der Waals surface area contributed by atoms with E-state index in [-0.39, 0.29) is 24.5 Å². The Morgan fingerprint density at radius 2 is 1.87 bits per heavy atom. The van der Waals surface area contributed by atoms with Gasteiger partial charge in [-0.1, -0.05) is 31.2 Å². The van der Waals surface area contributed by atoms with Crippen molar-refractivity contribution in [3.8, 4) is 5.75 Å². The molecule has 1 atom stereocenters. The largest absolute Gasteiger partial charge is 0.507 e. The van der Waals surface area contributed by atoms with Crippen LogP contribution in [0.25, 0.3) is 5.76 Å². The molecule has 7 heteroatoms. The van der Waals surface area contributed by atoms with Gasteiger partial charge in [-0.15, -0.1) is 0 Å². The Morgan fingerprint density at radius 3 is 2.53 bits per heavy atom. The highest BCUT2D eigenvalue weighted by molar-refractivity contribution is 6.46. The van der Waals surface area contributed by atoms with Crippen LogP contribution in [0.5, 0.6) is 5.75 Å². The molecule has 0 aromatic heterocycles. The first-order valence-electron chi connectivity index (χ1n) is 9.74. The van der Waals surface area contributed by atoms with Gasteiger partial charge in [-0.3, -0.25) is 9.59 Å². The highest BCUT2D eigenvalue weighted by Crippen LogP contribution is 2.39. The molecule has 1 heterocycles. The van der Waals surface area contributed by atoms with E-state index in [0.717, 1.165) is 6.42 Å². The molecule has 1 aliphatic heterocycles. The fraction of sp³-hybridized carbons (Fsp3) is 0.304. The molecule has 0 aliphatic carbocycles. The first-order valence-corrected chi connectivity index (χ1v) is 9.74. The van der Waals surface area contributed by atoms with Crippen molar-refractivity contribution in [3.05, 3.63) is 71.0 Å². The summed E-state index contributed by atoms with van der Waals surface area (Å²) in [4.78, 5) is 26.9. The summed E-state index contributed by atoms with van der Waals surface area (Å²) in [5, 5.41) is 11.0. The number of halogens is 1.